The Bertz CT molecular complexity index is 2800. The number of carbonyl (C=O) groups is 10. The molecule has 4 rings (SSSR count). The molecule has 12 atom stereocenters. The summed E-state index contributed by atoms with van der Waals surface area (Å²) in [7, 11) is 6.11. The van der Waals surface area contributed by atoms with Crippen LogP contribution in [0.15, 0.2) is 63.6 Å². The second-order valence-electron chi connectivity index (χ2n) is 24.7. The van der Waals surface area contributed by atoms with Gasteiger partial charge in [0, 0.05) is 53.5 Å². The van der Waals surface area contributed by atoms with Gasteiger partial charge in [0.1, 0.15) is 39.7 Å². The summed E-state index contributed by atoms with van der Waals surface area (Å²) in [5.74, 6) is -5.78. The lowest BCUT2D eigenvalue weighted by atomic mass is 9.89. The topological polar surface area (TPSA) is 292 Å². The summed E-state index contributed by atoms with van der Waals surface area (Å²) in [6, 6.07) is 9.90. The molecule has 2 aliphatic heterocycles. The number of likely N-dealkylation sites (N-methyl/N-ethyl adjacent to an activating group) is 2. The van der Waals surface area contributed by atoms with Crippen molar-refractivity contribution in [2.45, 2.75) is 195 Å². The summed E-state index contributed by atoms with van der Waals surface area (Å²) in [5, 5.41) is 25.0. The van der Waals surface area contributed by atoms with Crippen LogP contribution in [0.25, 0.3) is 0 Å². The Balaban J connectivity index is 1.31. The number of unbranched alkanes of at least 4 members (excludes halogenated alkanes) is 2. The zero-order valence-electron chi connectivity index (χ0n) is 54.9. The number of benzene rings is 2. The summed E-state index contributed by atoms with van der Waals surface area (Å²) >= 11 is 6.21. The van der Waals surface area contributed by atoms with Crippen LogP contribution in [0.1, 0.15) is 145 Å². The lowest BCUT2D eigenvalue weighted by Crippen LogP contribution is -2.60. The maximum absolute atomic E-state index is 14.8. The first kappa shape index (κ1) is 76.2. The number of nitrogens with zero attached hydrogens (tertiary/aromatic N) is 4. The maximum atomic E-state index is 14.8. The first-order valence-electron chi connectivity index (χ1n) is 31.2. The Morgan fingerprint density at radius 3 is 1.87 bits per heavy atom. The molecule has 2 aliphatic rings. The van der Waals surface area contributed by atoms with E-state index in [0.717, 1.165) is 4.90 Å². The molecule has 1 fully saturated rings. The normalized spacial score (nSPS) is 18.0. The van der Waals surface area contributed by atoms with Crippen molar-refractivity contribution in [2.75, 3.05) is 46.7 Å². The summed E-state index contributed by atoms with van der Waals surface area (Å²) in [5.41, 5.74) is 1.63. The first-order chi connectivity index (χ1) is 42.4. The number of hydrogen-bond acceptors (Lipinski definition) is 14. The number of anilines is 1. The quantitative estimate of drug-likeness (QED) is 0.0301. The number of ether oxygens (including phenoxy) is 3. The lowest BCUT2D eigenvalue weighted by molar-refractivity contribution is -0.148. The van der Waals surface area contributed by atoms with Crippen molar-refractivity contribution in [3.05, 3.63) is 74.7 Å². The van der Waals surface area contributed by atoms with Crippen LogP contribution in [0.4, 0.5) is 10.5 Å². The van der Waals surface area contributed by atoms with E-state index in [0.29, 0.717) is 61.9 Å². The van der Waals surface area contributed by atoms with Crippen molar-refractivity contribution in [1.29, 1.82) is 0 Å². The van der Waals surface area contributed by atoms with Crippen molar-refractivity contribution in [3.8, 4) is 0 Å². The maximum Gasteiger partial charge on any atom is 0.410 e. The second kappa shape index (κ2) is 36.1. The molecule has 2 heterocycles. The third kappa shape index (κ3) is 20.6. The lowest BCUT2D eigenvalue weighted by Gasteiger charge is -2.41. The molecule has 0 saturated carbocycles. The molecule has 6 N–H and O–H groups in total. The molecule has 23 nitrogen and oxygen atoms in total. The van der Waals surface area contributed by atoms with Gasteiger partial charge in [0.2, 0.25) is 41.4 Å². The number of likely N-dealkylation sites (tertiary alicyclic amines) is 1. The minimum Gasteiger partial charge on any atom is -0.445 e. The molecular formula is C65H97Br2N9O14. The predicted octanol–water partition coefficient (Wildman–Crippen LogP) is 7.09. The highest BCUT2D eigenvalue weighted by atomic mass is 79.9. The number of methoxy groups -OCH3 is 2. The van der Waals surface area contributed by atoms with E-state index in [9.17, 15) is 53.1 Å². The van der Waals surface area contributed by atoms with Gasteiger partial charge in [-0.1, -0.05) is 118 Å². The Hall–Kier alpha value is -6.28. The zero-order valence-corrected chi connectivity index (χ0v) is 58.1. The predicted molar refractivity (Wildman–Crippen MR) is 348 cm³/mol. The van der Waals surface area contributed by atoms with E-state index in [1.807, 2.05) is 45.9 Å². The number of aliphatic hydroxyl groups is 1. The molecule has 90 heavy (non-hydrogen) atoms. The Morgan fingerprint density at radius 2 is 1.31 bits per heavy atom. The zero-order chi connectivity index (χ0) is 67.4. The van der Waals surface area contributed by atoms with E-state index in [2.05, 4.69) is 58.4 Å². The van der Waals surface area contributed by atoms with Crippen molar-refractivity contribution >= 4 is 96.8 Å². The summed E-state index contributed by atoms with van der Waals surface area (Å²) in [6.45, 7) is 20.1. The van der Waals surface area contributed by atoms with Crippen LogP contribution in [-0.4, -0.2) is 180 Å². The van der Waals surface area contributed by atoms with E-state index < -0.39 is 120 Å². The molecule has 500 valence electrons. The molecule has 2 aromatic rings. The Labute approximate surface area is 547 Å². The van der Waals surface area contributed by atoms with Gasteiger partial charge < -0.3 is 55.7 Å². The molecule has 0 radical (unpaired) electrons. The number of carbonyl (C=O) groups excluding carboxylic acids is 10. The monoisotopic (exact) mass is 1390 g/mol. The number of amides is 10. The van der Waals surface area contributed by atoms with Gasteiger partial charge in [-0.05, 0) is 118 Å². The summed E-state index contributed by atoms with van der Waals surface area (Å²) in [6.07, 6.45) is 0.310. The van der Waals surface area contributed by atoms with Gasteiger partial charge in [0.15, 0.2) is 0 Å². The SMILES string of the molecule is CCC(C)C(C(CC(=O)N1CCCC1C(OC)C(C)C(=O)NC(C)C(O)c1ccccc1)OC)N(C)C(=O)C(NC(=O)C(C(C)C)N(C)C(=O)OCc1ccc(NC(=O)C(C)NC(=O)C(NC(=O)CCCCCN2C(=O)C(Br)=C(Br)C2=O)C(C)C)cc1)C(C)C. The van der Waals surface area contributed by atoms with E-state index in [-0.39, 0.29) is 64.5 Å². The fourth-order valence-electron chi connectivity index (χ4n) is 11.5. The van der Waals surface area contributed by atoms with Crippen LogP contribution in [-0.2, 0) is 64.0 Å². The molecule has 0 aliphatic carbocycles. The summed E-state index contributed by atoms with van der Waals surface area (Å²) in [4.78, 5) is 140. The van der Waals surface area contributed by atoms with Gasteiger partial charge in [0.05, 0.1) is 48.8 Å². The summed E-state index contributed by atoms with van der Waals surface area (Å²) < 4.78 is 18.1. The van der Waals surface area contributed by atoms with Gasteiger partial charge in [-0.25, -0.2) is 4.79 Å². The van der Waals surface area contributed by atoms with Crippen LogP contribution < -0.4 is 26.6 Å². The molecule has 25 heteroatoms. The van der Waals surface area contributed by atoms with E-state index in [1.165, 1.54) is 33.1 Å². The Kier molecular flexibility index (Phi) is 30.5. The minimum absolute atomic E-state index is 0.0813. The third-order valence-corrected chi connectivity index (χ3v) is 19.0. The number of nitrogens with one attached hydrogen (secondary N) is 5. The third-order valence-electron chi connectivity index (χ3n) is 17.0. The minimum atomic E-state index is -1.06. The smallest absolute Gasteiger partial charge is 0.410 e. The molecule has 10 amide bonds. The second-order valence-corrected chi connectivity index (χ2v) is 26.3. The largest absolute Gasteiger partial charge is 0.445 e. The van der Waals surface area contributed by atoms with Gasteiger partial charge in [-0.3, -0.25) is 53.0 Å². The average Bonchev–Trinajstić information content (AvgIpc) is 1.62. The molecule has 0 spiro atoms. The van der Waals surface area contributed by atoms with Gasteiger partial charge >= 0.3 is 6.09 Å². The van der Waals surface area contributed by atoms with E-state index >= 15 is 0 Å². The molecule has 1 saturated heterocycles. The number of rotatable bonds is 34. The molecule has 0 aromatic heterocycles. The van der Waals surface area contributed by atoms with Crippen LogP contribution in [0.3, 0.4) is 0 Å². The average molecular weight is 1390 g/mol. The van der Waals surface area contributed by atoms with Crippen molar-refractivity contribution in [3.63, 3.8) is 0 Å². The fourth-order valence-corrected chi connectivity index (χ4v) is 12.2. The molecule has 0 bridgehead atoms. The van der Waals surface area contributed by atoms with Crippen LogP contribution in [0.5, 0.6) is 0 Å². The molecule has 2 aromatic carbocycles. The van der Waals surface area contributed by atoms with Crippen molar-refractivity contribution in [2.24, 2.45) is 29.6 Å². The molecule has 12 unspecified atom stereocenters. The van der Waals surface area contributed by atoms with Crippen molar-refractivity contribution in [1.82, 2.24) is 40.9 Å². The van der Waals surface area contributed by atoms with Crippen molar-refractivity contribution < 1.29 is 67.3 Å². The van der Waals surface area contributed by atoms with E-state index in [1.54, 1.807) is 94.8 Å². The highest BCUT2D eigenvalue weighted by Gasteiger charge is 2.44. The number of imide groups is 1. The number of aliphatic hydroxyl groups excluding tert-OH is 1. The molecular weight excluding hydrogens is 1290 g/mol. The van der Waals surface area contributed by atoms with Gasteiger partial charge in [0.25, 0.3) is 11.8 Å². The van der Waals surface area contributed by atoms with Crippen LogP contribution >= 0.6 is 31.9 Å². The fraction of sp³-hybridized carbons (Fsp3) is 0.631. The highest BCUT2D eigenvalue weighted by molar-refractivity contribution is 9.14. The highest BCUT2D eigenvalue weighted by Crippen LogP contribution is 2.32. The first-order valence-corrected chi connectivity index (χ1v) is 32.8. The van der Waals surface area contributed by atoms with Crippen LogP contribution in [0.2, 0.25) is 0 Å². The van der Waals surface area contributed by atoms with Gasteiger partial charge in [-0.15, -0.1) is 0 Å². The Morgan fingerprint density at radius 1 is 0.700 bits per heavy atom. The number of hydrogen-bond donors (Lipinski definition) is 6. The standard InChI is InChI=1S/C65H97Br2N9O14/c1-16-39(8)55(47(88-14)34-49(78)75-33-23-26-46(75)57(89-15)40(9)58(80)68-41(10)56(79)44-24-19-17-20-25-44)73(12)64(86)53(37(4)5)72-61(83)54(38(6)7)74(13)65(87)90-35-43-28-30-45(31-29-43)70-59(81)42(11)69-60(82)52(36(2)3)71-48(77)27-21-18-22-32-76-62(84)50(66)51(67)63(76)85/h17,19-20,24-25,28-31,36-42,46-47,52-57,79H,16,18,21-23,26-27,32-35H2,1-15H3,(H,68,80)(H,69,82)(H,70,81)(H,71,77)(H,72,83). The van der Waals surface area contributed by atoms with Gasteiger partial charge in [-0.2, -0.15) is 0 Å². The van der Waals surface area contributed by atoms with Crippen LogP contribution in [0, 0.1) is 29.6 Å². The van der Waals surface area contributed by atoms with E-state index in [4.69, 9.17) is 14.2 Å². The number of halogens is 2.